The molecule has 3 atom stereocenters. The maximum atomic E-state index is 13.6. The maximum absolute atomic E-state index is 13.6. The molecule has 168 valence electrons. The topological polar surface area (TPSA) is 77.1 Å². The molecule has 1 aromatic carbocycles. The molecule has 2 saturated heterocycles. The van der Waals surface area contributed by atoms with Gasteiger partial charge in [-0.15, -0.1) is 0 Å². The molecule has 0 aromatic heterocycles. The maximum Gasteiger partial charge on any atom is 0.263 e. The van der Waals surface area contributed by atoms with Crippen molar-refractivity contribution in [3.63, 3.8) is 0 Å². The van der Waals surface area contributed by atoms with Crippen LogP contribution in [0.5, 0.6) is 5.75 Å². The number of morpholine rings is 1. The van der Waals surface area contributed by atoms with E-state index in [0.29, 0.717) is 25.7 Å². The summed E-state index contributed by atoms with van der Waals surface area (Å²) < 4.78 is 18.3. The molecule has 31 heavy (non-hydrogen) atoms. The molecular weight excluding hydrogens is 396 g/mol. The number of carbonyl (C=O) groups excluding carboxylic acids is 2. The highest BCUT2D eigenvalue weighted by molar-refractivity contribution is 5.82. The molecule has 1 aromatic rings. The van der Waals surface area contributed by atoms with Gasteiger partial charge in [-0.2, -0.15) is 0 Å². The Morgan fingerprint density at radius 1 is 1.13 bits per heavy atom. The number of carbonyl (C=O) groups is 2. The number of amides is 2. The first-order valence-electron chi connectivity index (χ1n) is 11.6. The molecule has 0 radical (unpaired) electrons. The van der Waals surface area contributed by atoms with Crippen molar-refractivity contribution in [3.05, 3.63) is 29.8 Å². The van der Waals surface area contributed by atoms with Crippen molar-refractivity contribution in [2.24, 2.45) is 0 Å². The Hall–Kier alpha value is -2.12. The van der Waals surface area contributed by atoms with Crippen molar-refractivity contribution in [2.45, 2.75) is 75.2 Å². The number of ether oxygens (including phenoxy) is 3. The smallest absolute Gasteiger partial charge is 0.263 e. The molecule has 6 rings (SSSR count). The first-order chi connectivity index (χ1) is 15.1. The van der Waals surface area contributed by atoms with Crippen LogP contribution in [0.4, 0.5) is 0 Å². The van der Waals surface area contributed by atoms with Gasteiger partial charge < -0.3 is 24.4 Å². The molecule has 1 N–H and O–H groups in total. The number of fused-ring (bicyclic) bond motifs is 5. The summed E-state index contributed by atoms with van der Waals surface area (Å²) >= 11 is 0. The van der Waals surface area contributed by atoms with E-state index in [4.69, 9.17) is 14.2 Å². The van der Waals surface area contributed by atoms with Gasteiger partial charge in [0.05, 0.1) is 30.9 Å². The van der Waals surface area contributed by atoms with Crippen LogP contribution in [0.1, 0.15) is 56.9 Å². The molecule has 1 saturated carbocycles. The van der Waals surface area contributed by atoms with E-state index < -0.39 is 11.6 Å². The number of hydrogen-bond donors (Lipinski definition) is 1. The van der Waals surface area contributed by atoms with Gasteiger partial charge >= 0.3 is 0 Å². The average molecular weight is 429 g/mol. The minimum Gasteiger partial charge on any atom is -0.481 e. The van der Waals surface area contributed by atoms with Crippen molar-refractivity contribution in [3.8, 4) is 5.75 Å². The van der Waals surface area contributed by atoms with Crippen LogP contribution in [0.25, 0.3) is 0 Å². The van der Waals surface area contributed by atoms with Gasteiger partial charge in [0.2, 0.25) is 5.91 Å². The number of para-hydroxylation sites is 1. The molecule has 4 heterocycles. The molecule has 7 heteroatoms. The number of hydrogen-bond acceptors (Lipinski definition) is 5. The molecule has 1 spiro atoms. The molecule has 7 nitrogen and oxygen atoms in total. The lowest BCUT2D eigenvalue weighted by Gasteiger charge is -2.52. The Labute approximate surface area is 183 Å². The second kappa shape index (κ2) is 8.43. The number of rotatable bonds is 0. The zero-order valence-corrected chi connectivity index (χ0v) is 18.2. The fraction of sp³-hybridized carbons (Fsp3) is 0.667. The number of piperidine rings is 1. The van der Waals surface area contributed by atoms with Gasteiger partial charge in [0.25, 0.3) is 5.91 Å². The molecule has 2 amide bonds. The summed E-state index contributed by atoms with van der Waals surface area (Å²) in [4.78, 5) is 27.7. The summed E-state index contributed by atoms with van der Waals surface area (Å²) in [7, 11) is 0. The molecular formula is C24H32N2O5. The second-order valence-corrected chi connectivity index (χ2v) is 9.45. The summed E-state index contributed by atoms with van der Waals surface area (Å²) in [6.07, 6.45) is 5.23. The Morgan fingerprint density at radius 3 is 2.74 bits per heavy atom. The highest BCUT2D eigenvalue weighted by Gasteiger charge is 2.50. The third kappa shape index (κ3) is 3.94. The summed E-state index contributed by atoms with van der Waals surface area (Å²) in [6, 6.07) is 7.86. The van der Waals surface area contributed by atoms with Crippen molar-refractivity contribution in [2.75, 3.05) is 26.4 Å². The first kappa shape index (κ1) is 20.8. The Kier molecular flexibility index (Phi) is 5.65. The van der Waals surface area contributed by atoms with Crippen LogP contribution in [-0.2, 0) is 19.1 Å². The minimum atomic E-state index is -0.614. The summed E-state index contributed by atoms with van der Waals surface area (Å²) in [5.74, 6) is 1.06. The Balaban J connectivity index is 1.49. The average Bonchev–Trinajstić information content (AvgIpc) is 2.79. The third-order valence-electron chi connectivity index (χ3n) is 7.47. The monoisotopic (exact) mass is 428 g/mol. The van der Waals surface area contributed by atoms with E-state index in [0.717, 1.165) is 44.3 Å². The van der Waals surface area contributed by atoms with Crippen LogP contribution in [0, 0.1) is 0 Å². The molecule has 1 aliphatic carbocycles. The molecule has 1 unspecified atom stereocenters. The molecule has 4 aliphatic heterocycles. The van der Waals surface area contributed by atoms with E-state index in [1.165, 1.54) is 5.56 Å². The minimum absolute atomic E-state index is 0.0612. The highest BCUT2D eigenvalue weighted by Crippen LogP contribution is 2.40. The van der Waals surface area contributed by atoms with Gasteiger partial charge in [-0.25, -0.2) is 0 Å². The van der Waals surface area contributed by atoms with Crippen molar-refractivity contribution >= 4 is 11.8 Å². The van der Waals surface area contributed by atoms with Gasteiger partial charge in [-0.05, 0) is 63.0 Å². The fourth-order valence-corrected chi connectivity index (χ4v) is 5.86. The lowest BCUT2D eigenvalue weighted by molar-refractivity contribution is -0.159. The van der Waals surface area contributed by atoms with E-state index in [1.54, 1.807) is 0 Å². The van der Waals surface area contributed by atoms with Gasteiger partial charge in [-0.3, -0.25) is 9.59 Å². The van der Waals surface area contributed by atoms with Crippen molar-refractivity contribution in [1.82, 2.24) is 10.2 Å². The van der Waals surface area contributed by atoms with E-state index in [2.05, 4.69) is 11.4 Å². The van der Waals surface area contributed by atoms with Crippen molar-refractivity contribution in [1.29, 1.82) is 0 Å². The highest BCUT2D eigenvalue weighted by atomic mass is 16.5. The second-order valence-electron chi connectivity index (χ2n) is 9.45. The summed E-state index contributed by atoms with van der Waals surface area (Å²) in [5.41, 5.74) is 0.595. The van der Waals surface area contributed by atoms with Gasteiger partial charge in [0, 0.05) is 6.54 Å². The van der Waals surface area contributed by atoms with Crippen LogP contribution in [0.2, 0.25) is 0 Å². The van der Waals surface area contributed by atoms with Crippen LogP contribution < -0.4 is 10.1 Å². The first-order valence-corrected chi connectivity index (χ1v) is 11.6. The summed E-state index contributed by atoms with van der Waals surface area (Å²) in [5, 5.41) is 3.17. The molecule has 5 aliphatic rings. The van der Waals surface area contributed by atoms with Crippen LogP contribution >= 0.6 is 0 Å². The summed E-state index contributed by atoms with van der Waals surface area (Å²) in [6.45, 7) is 3.34. The van der Waals surface area contributed by atoms with Crippen LogP contribution in [0.15, 0.2) is 24.3 Å². The molecule has 2 bridgehead atoms. The zero-order valence-electron chi connectivity index (χ0n) is 18.2. The Morgan fingerprint density at radius 2 is 1.94 bits per heavy atom. The fourth-order valence-electron chi connectivity index (χ4n) is 5.86. The predicted octanol–water partition coefficient (Wildman–Crippen LogP) is 2.39. The number of nitrogens with one attached hydrogen (secondary N) is 1. The van der Waals surface area contributed by atoms with Gasteiger partial charge in [-0.1, -0.05) is 18.2 Å². The normalized spacial score (nSPS) is 36.4. The van der Waals surface area contributed by atoms with E-state index in [-0.39, 0.29) is 30.6 Å². The lowest BCUT2D eigenvalue weighted by atomic mass is 9.80. The number of nitrogens with zero attached hydrogens (tertiary/aromatic N) is 1. The van der Waals surface area contributed by atoms with Crippen LogP contribution in [0.3, 0.4) is 0 Å². The largest absolute Gasteiger partial charge is 0.481 e. The van der Waals surface area contributed by atoms with E-state index >= 15 is 0 Å². The van der Waals surface area contributed by atoms with Gasteiger partial charge in [0.1, 0.15) is 12.4 Å². The van der Waals surface area contributed by atoms with Crippen molar-refractivity contribution < 1.29 is 23.8 Å². The lowest BCUT2D eigenvalue weighted by Crippen LogP contribution is -2.72. The third-order valence-corrected chi connectivity index (χ3v) is 7.47. The van der Waals surface area contributed by atoms with E-state index in [1.807, 2.05) is 30.0 Å². The van der Waals surface area contributed by atoms with E-state index in [9.17, 15) is 9.59 Å². The SMILES string of the molecule is CC1Oc2ccccc2C2CCC(CC2)OC[C@H]2N(CCC[C@]23COCC(=O)N3)C1=O. The van der Waals surface area contributed by atoms with Crippen LogP contribution in [-0.4, -0.2) is 66.9 Å². The quantitative estimate of drug-likeness (QED) is 0.687. The predicted molar refractivity (Wildman–Crippen MR) is 114 cm³/mol. The molecule has 3 fully saturated rings. The number of benzene rings is 1. The zero-order chi connectivity index (χ0) is 21.4. The standard InChI is InChI=1S/C24H32N2O5/c1-16-23(28)26-12-4-11-24(15-29-14-22(27)25-24)21(26)13-30-18-9-7-17(8-10-18)19-5-2-3-6-20(19)31-16/h2-3,5-6,16-18,21H,4,7-15H2,1H3,(H,25,27)/t16?,17?,18?,21-,24+/m1/s1. The Bertz CT molecular complexity index is 833. The van der Waals surface area contributed by atoms with Gasteiger partial charge in [0.15, 0.2) is 6.10 Å².